The summed E-state index contributed by atoms with van der Waals surface area (Å²) in [4.78, 5) is 53.0. The first kappa shape index (κ1) is 22.3. The second kappa shape index (κ2) is 9.06. The molecule has 2 saturated heterocycles. The first-order valence-corrected chi connectivity index (χ1v) is 11.5. The van der Waals surface area contributed by atoms with Crippen molar-refractivity contribution in [3.63, 3.8) is 0 Å². The lowest BCUT2D eigenvalue weighted by Gasteiger charge is -2.27. The number of carbonyl (C=O) groups excluding carboxylic acids is 4. The van der Waals surface area contributed by atoms with Crippen LogP contribution in [-0.4, -0.2) is 35.3 Å². The monoisotopic (exact) mass is 468 g/mol. The lowest BCUT2D eigenvalue weighted by Crippen LogP contribution is -2.49. The van der Waals surface area contributed by atoms with Crippen molar-refractivity contribution in [2.24, 2.45) is 0 Å². The van der Waals surface area contributed by atoms with E-state index in [0.29, 0.717) is 29.7 Å². The molecule has 2 aliphatic rings. The van der Waals surface area contributed by atoms with Gasteiger partial charge in [-0.3, -0.25) is 19.8 Å². The Kier molecular flexibility index (Phi) is 5.78. The molecule has 2 N–H and O–H groups in total. The summed E-state index contributed by atoms with van der Waals surface area (Å²) >= 11 is 0. The van der Waals surface area contributed by atoms with Crippen LogP contribution in [-0.2, 0) is 26.3 Å². The molecule has 2 fully saturated rings. The van der Waals surface area contributed by atoms with E-state index in [0.717, 1.165) is 17.1 Å². The van der Waals surface area contributed by atoms with Crippen molar-refractivity contribution in [1.29, 1.82) is 0 Å². The molecule has 0 saturated carbocycles. The van der Waals surface area contributed by atoms with Gasteiger partial charge in [0.15, 0.2) is 5.54 Å². The van der Waals surface area contributed by atoms with Crippen molar-refractivity contribution >= 4 is 29.4 Å². The number of amides is 5. The Morgan fingerprint density at radius 1 is 0.857 bits per heavy atom. The van der Waals surface area contributed by atoms with E-state index in [1.165, 1.54) is 0 Å². The second-order valence-corrected chi connectivity index (χ2v) is 8.58. The number of rotatable bonds is 6. The number of urea groups is 1. The summed E-state index contributed by atoms with van der Waals surface area (Å²) in [6.45, 7) is 0.690. The molecule has 8 nitrogen and oxygen atoms in total. The van der Waals surface area contributed by atoms with Crippen molar-refractivity contribution < 1.29 is 19.2 Å². The molecule has 5 amide bonds. The predicted molar refractivity (Wildman–Crippen MR) is 129 cm³/mol. The number of anilines is 1. The zero-order valence-electron chi connectivity index (χ0n) is 18.9. The number of hydrogen-bond acceptors (Lipinski definition) is 4. The molecule has 35 heavy (non-hydrogen) atoms. The number of carbonyl (C=O) groups is 4. The highest BCUT2D eigenvalue weighted by molar-refractivity contribution is 6.10. The Bertz CT molecular complexity index is 1240. The number of hydrogen-bond donors (Lipinski definition) is 2. The summed E-state index contributed by atoms with van der Waals surface area (Å²) in [6, 6.07) is 24.3. The van der Waals surface area contributed by atoms with Crippen molar-refractivity contribution in [3.05, 3.63) is 102 Å². The number of nitrogens with zero attached hydrogens (tertiary/aromatic N) is 2. The van der Waals surface area contributed by atoms with Gasteiger partial charge in [-0.05, 0) is 35.2 Å². The zero-order valence-corrected chi connectivity index (χ0v) is 18.9. The molecular weight excluding hydrogens is 444 g/mol. The largest absolute Gasteiger partial charge is 0.344 e. The molecule has 176 valence electrons. The molecule has 0 unspecified atom stereocenters. The van der Waals surface area contributed by atoms with Crippen LogP contribution in [0.25, 0.3) is 0 Å². The van der Waals surface area contributed by atoms with Gasteiger partial charge in [-0.25, -0.2) is 4.79 Å². The molecule has 2 heterocycles. The Hall–Kier alpha value is -4.46. The standard InChI is InChI=1S/C27H24N4O4/c32-23(18-19-13-15-22(16-14-19)30-17-7-12-24(30)33)29-31-25(34)27(28-26(31)35,20-8-3-1-4-9-20)21-10-5-2-6-11-21/h1-6,8-11,13-16H,7,12,17-18H2,(H,28,35)(H,29,32). The van der Waals surface area contributed by atoms with Gasteiger partial charge in [0.25, 0.3) is 5.91 Å². The smallest absolute Gasteiger partial charge is 0.314 e. The number of benzene rings is 3. The van der Waals surface area contributed by atoms with E-state index in [2.05, 4.69) is 10.7 Å². The molecular formula is C27H24N4O4. The van der Waals surface area contributed by atoms with E-state index in [4.69, 9.17) is 0 Å². The number of hydrazine groups is 1. The number of imide groups is 1. The van der Waals surface area contributed by atoms with E-state index < -0.39 is 23.4 Å². The van der Waals surface area contributed by atoms with Crippen molar-refractivity contribution in [2.75, 3.05) is 11.4 Å². The van der Waals surface area contributed by atoms with Gasteiger partial charge in [0.2, 0.25) is 11.8 Å². The molecule has 8 heteroatoms. The quantitative estimate of drug-likeness (QED) is 0.544. The maximum Gasteiger partial charge on any atom is 0.344 e. The van der Waals surface area contributed by atoms with Gasteiger partial charge in [0.1, 0.15) is 0 Å². The Morgan fingerprint density at radius 3 is 2.00 bits per heavy atom. The summed E-state index contributed by atoms with van der Waals surface area (Å²) in [5.41, 5.74) is 3.69. The number of nitrogens with one attached hydrogen (secondary N) is 2. The van der Waals surface area contributed by atoms with Gasteiger partial charge in [0, 0.05) is 18.7 Å². The van der Waals surface area contributed by atoms with Gasteiger partial charge < -0.3 is 10.2 Å². The average Bonchev–Trinajstić information content (AvgIpc) is 3.42. The van der Waals surface area contributed by atoms with Crippen LogP contribution < -0.4 is 15.6 Å². The van der Waals surface area contributed by atoms with Gasteiger partial charge in [-0.2, -0.15) is 5.01 Å². The van der Waals surface area contributed by atoms with E-state index in [9.17, 15) is 19.2 Å². The molecule has 0 spiro atoms. The van der Waals surface area contributed by atoms with E-state index in [1.807, 2.05) is 12.1 Å². The minimum Gasteiger partial charge on any atom is -0.314 e. The van der Waals surface area contributed by atoms with Crippen LogP contribution in [0.15, 0.2) is 84.9 Å². The summed E-state index contributed by atoms with van der Waals surface area (Å²) in [6.07, 6.45) is 1.35. The topological polar surface area (TPSA) is 98.8 Å². The van der Waals surface area contributed by atoms with E-state index in [1.54, 1.807) is 77.7 Å². The lowest BCUT2D eigenvalue weighted by atomic mass is 9.83. The summed E-state index contributed by atoms with van der Waals surface area (Å²) in [5.74, 6) is -0.999. The van der Waals surface area contributed by atoms with Crippen LogP contribution in [0.5, 0.6) is 0 Å². The fourth-order valence-corrected chi connectivity index (χ4v) is 4.63. The summed E-state index contributed by atoms with van der Waals surface area (Å²) in [7, 11) is 0. The maximum absolute atomic E-state index is 13.6. The average molecular weight is 469 g/mol. The second-order valence-electron chi connectivity index (χ2n) is 8.58. The van der Waals surface area contributed by atoms with Gasteiger partial charge in [-0.15, -0.1) is 0 Å². The van der Waals surface area contributed by atoms with Crippen LogP contribution in [0.1, 0.15) is 29.5 Å². The van der Waals surface area contributed by atoms with Gasteiger partial charge in [0.05, 0.1) is 6.42 Å². The van der Waals surface area contributed by atoms with E-state index in [-0.39, 0.29) is 12.3 Å². The van der Waals surface area contributed by atoms with E-state index >= 15 is 0 Å². The normalized spacial score (nSPS) is 17.0. The minimum atomic E-state index is -1.45. The Labute approximate surface area is 202 Å². The van der Waals surface area contributed by atoms with Gasteiger partial charge in [-0.1, -0.05) is 72.8 Å². The highest BCUT2D eigenvalue weighted by atomic mass is 16.2. The summed E-state index contributed by atoms with van der Waals surface area (Å²) in [5, 5.41) is 3.55. The minimum absolute atomic E-state index is 0.0328. The molecule has 0 aliphatic carbocycles. The fourth-order valence-electron chi connectivity index (χ4n) is 4.63. The first-order valence-electron chi connectivity index (χ1n) is 11.5. The van der Waals surface area contributed by atoms with Crippen molar-refractivity contribution in [3.8, 4) is 0 Å². The lowest BCUT2D eigenvalue weighted by molar-refractivity contribution is -0.138. The zero-order chi connectivity index (χ0) is 24.4. The maximum atomic E-state index is 13.6. The highest BCUT2D eigenvalue weighted by Crippen LogP contribution is 2.35. The third kappa shape index (κ3) is 4.03. The van der Waals surface area contributed by atoms with Gasteiger partial charge >= 0.3 is 6.03 Å². The molecule has 2 aliphatic heterocycles. The van der Waals surface area contributed by atoms with Crippen LogP contribution in [0, 0.1) is 0 Å². The van der Waals surface area contributed by atoms with Crippen molar-refractivity contribution in [2.45, 2.75) is 24.8 Å². The Morgan fingerprint density at radius 2 is 1.46 bits per heavy atom. The molecule has 3 aromatic rings. The van der Waals surface area contributed by atoms with Crippen molar-refractivity contribution in [1.82, 2.24) is 15.8 Å². The molecule has 0 aromatic heterocycles. The molecule has 5 rings (SSSR count). The van der Waals surface area contributed by atoms with Crippen LogP contribution in [0.3, 0.4) is 0 Å². The molecule has 0 radical (unpaired) electrons. The van der Waals surface area contributed by atoms with Crippen LogP contribution in [0.4, 0.5) is 10.5 Å². The fraction of sp³-hybridized carbons (Fsp3) is 0.185. The third-order valence-corrected chi connectivity index (χ3v) is 6.36. The molecule has 3 aromatic carbocycles. The highest BCUT2D eigenvalue weighted by Gasteiger charge is 2.54. The molecule has 0 bridgehead atoms. The SMILES string of the molecule is O=C(Cc1ccc(N2CCCC2=O)cc1)NN1C(=O)NC(c2ccccc2)(c2ccccc2)C1=O. The van der Waals surface area contributed by atoms with Crippen LogP contribution >= 0.6 is 0 Å². The van der Waals surface area contributed by atoms with Crippen LogP contribution in [0.2, 0.25) is 0 Å². The summed E-state index contributed by atoms with van der Waals surface area (Å²) < 4.78 is 0. The molecule has 0 atom stereocenters. The Balaban J connectivity index is 1.34. The first-order chi connectivity index (χ1) is 17.0. The third-order valence-electron chi connectivity index (χ3n) is 6.36. The predicted octanol–water partition coefficient (Wildman–Crippen LogP) is 2.88.